The Kier molecular flexibility index (Phi) is 7.68. The molecule has 1 rings (SSSR count). The Hall–Kier alpha value is -1.10. The number of carbonyl (C=O) groups is 1. The highest BCUT2D eigenvalue weighted by molar-refractivity contribution is 5.97. The van der Waals surface area contributed by atoms with Crippen LogP contribution in [0.5, 0.6) is 0 Å². The quantitative estimate of drug-likeness (QED) is 0.750. The third kappa shape index (κ3) is 5.59. The van der Waals surface area contributed by atoms with Gasteiger partial charge in [-0.25, -0.2) is 0 Å². The van der Waals surface area contributed by atoms with Crippen LogP contribution < -0.4 is 11.1 Å². The zero-order chi connectivity index (χ0) is 13.6. The number of aliphatic hydroxyl groups excluding tert-OH is 1. The van der Waals surface area contributed by atoms with Gasteiger partial charge < -0.3 is 16.2 Å². The second-order valence-electron chi connectivity index (χ2n) is 4.79. The van der Waals surface area contributed by atoms with E-state index in [-0.39, 0.29) is 24.9 Å². The van der Waals surface area contributed by atoms with Crippen LogP contribution in [0.3, 0.4) is 0 Å². The van der Waals surface area contributed by atoms with E-state index in [1.54, 1.807) is 6.92 Å². The minimum atomic E-state index is -0.835. The number of aliphatic hydroxyl groups is 1. The highest BCUT2D eigenvalue weighted by atomic mass is 35.5. The van der Waals surface area contributed by atoms with Gasteiger partial charge in [0.1, 0.15) is 0 Å². The average Bonchev–Trinajstić information content (AvgIpc) is 2.32. The molecule has 0 heterocycles. The zero-order valence-electron chi connectivity index (χ0n) is 11.5. The number of amides is 1. The van der Waals surface area contributed by atoms with E-state index in [1.165, 1.54) is 0 Å². The van der Waals surface area contributed by atoms with Gasteiger partial charge >= 0.3 is 0 Å². The topological polar surface area (TPSA) is 75.4 Å². The van der Waals surface area contributed by atoms with Gasteiger partial charge in [0.25, 0.3) is 0 Å². The van der Waals surface area contributed by atoms with E-state index >= 15 is 0 Å². The maximum absolute atomic E-state index is 12.0. The monoisotopic (exact) mass is 286 g/mol. The summed E-state index contributed by atoms with van der Waals surface area (Å²) < 4.78 is 0. The van der Waals surface area contributed by atoms with Crippen molar-refractivity contribution in [2.24, 2.45) is 5.73 Å². The summed E-state index contributed by atoms with van der Waals surface area (Å²) in [5, 5.41) is 11.6. The summed E-state index contributed by atoms with van der Waals surface area (Å²) in [6, 6.07) is 7.43. The minimum Gasteiger partial charge on any atom is -0.396 e. The molecule has 1 atom stereocenters. The van der Waals surface area contributed by atoms with E-state index in [2.05, 4.69) is 5.32 Å². The van der Waals surface area contributed by atoms with Crippen LogP contribution in [0.25, 0.3) is 0 Å². The summed E-state index contributed by atoms with van der Waals surface area (Å²) in [6.45, 7) is 3.87. The number of hydrogen-bond donors (Lipinski definition) is 3. The molecular formula is C14H23ClN2O2. The number of nitrogens with one attached hydrogen (secondary N) is 1. The Morgan fingerprint density at radius 2 is 1.95 bits per heavy atom. The molecule has 4 nitrogen and oxygen atoms in total. The van der Waals surface area contributed by atoms with Crippen molar-refractivity contribution in [3.05, 3.63) is 29.8 Å². The van der Waals surface area contributed by atoms with Crippen LogP contribution in [0.15, 0.2) is 24.3 Å². The maximum atomic E-state index is 12.0. The Balaban J connectivity index is 0.00000324. The largest absolute Gasteiger partial charge is 0.396 e. The van der Waals surface area contributed by atoms with Crippen molar-refractivity contribution < 1.29 is 9.90 Å². The molecule has 0 saturated heterocycles. The molecule has 108 valence electrons. The lowest BCUT2D eigenvalue weighted by Gasteiger charge is -2.22. The van der Waals surface area contributed by atoms with Crippen molar-refractivity contribution in [3.63, 3.8) is 0 Å². The van der Waals surface area contributed by atoms with E-state index in [4.69, 9.17) is 10.8 Å². The Labute approximate surface area is 120 Å². The van der Waals surface area contributed by atoms with E-state index in [9.17, 15) is 4.79 Å². The first-order valence-corrected chi connectivity index (χ1v) is 6.29. The molecule has 0 bridgehead atoms. The molecule has 0 fully saturated rings. The predicted molar refractivity (Wildman–Crippen MR) is 80.6 cm³/mol. The van der Waals surface area contributed by atoms with Crippen LogP contribution in [-0.4, -0.2) is 23.2 Å². The summed E-state index contributed by atoms with van der Waals surface area (Å²) in [5.74, 6) is -0.167. The fraction of sp³-hybridized carbons (Fsp3) is 0.500. The van der Waals surface area contributed by atoms with Gasteiger partial charge in [0.05, 0.1) is 5.54 Å². The van der Waals surface area contributed by atoms with E-state index in [0.717, 1.165) is 17.7 Å². The molecule has 0 aliphatic heterocycles. The third-order valence-corrected chi connectivity index (χ3v) is 2.90. The number of carbonyl (C=O) groups excluding carboxylic acids is 1. The summed E-state index contributed by atoms with van der Waals surface area (Å²) >= 11 is 0. The summed E-state index contributed by atoms with van der Waals surface area (Å²) in [6.07, 6.45) is 2.15. The lowest BCUT2D eigenvalue weighted by atomic mass is 9.96. The van der Waals surface area contributed by atoms with Gasteiger partial charge in [0, 0.05) is 12.3 Å². The SMILES string of the molecule is CCCC(C)(N)C(=O)Nc1ccc(CCO)cc1.Cl. The molecule has 0 aliphatic carbocycles. The maximum Gasteiger partial charge on any atom is 0.244 e. The van der Waals surface area contributed by atoms with Crippen molar-refractivity contribution >= 4 is 24.0 Å². The highest BCUT2D eigenvalue weighted by Crippen LogP contribution is 2.14. The van der Waals surface area contributed by atoms with Crippen LogP contribution in [0.4, 0.5) is 5.69 Å². The molecule has 0 aromatic heterocycles. The fourth-order valence-electron chi connectivity index (χ4n) is 1.79. The summed E-state index contributed by atoms with van der Waals surface area (Å²) in [7, 11) is 0. The first-order valence-electron chi connectivity index (χ1n) is 6.29. The molecule has 19 heavy (non-hydrogen) atoms. The van der Waals surface area contributed by atoms with Gasteiger partial charge in [0.15, 0.2) is 0 Å². The van der Waals surface area contributed by atoms with Crippen molar-refractivity contribution in [3.8, 4) is 0 Å². The van der Waals surface area contributed by atoms with Gasteiger partial charge in [-0.15, -0.1) is 12.4 Å². The minimum absolute atomic E-state index is 0. The van der Waals surface area contributed by atoms with E-state index in [0.29, 0.717) is 12.8 Å². The number of nitrogens with two attached hydrogens (primary N) is 1. The molecule has 0 saturated carbocycles. The molecule has 5 heteroatoms. The first-order chi connectivity index (χ1) is 8.49. The molecule has 0 aliphatic rings. The highest BCUT2D eigenvalue weighted by Gasteiger charge is 2.26. The molecule has 4 N–H and O–H groups in total. The van der Waals surface area contributed by atoms with Gasteiger partial charge in [-0.1, -0.05) is 25.5 Å². The molecule has 1 amide bonds. The van der Waals surface area contributed by atoms with Crippen LogP contribution in [0.2, 0.25) is 0 Å². The van der Waals surface area contributed by atoms with Crippen molar-refractivity contribution in [2.45, 2.75) is 38.6 Å². The lowest BCUT2D eigenvalue weighted by Crippen LogP contribution is -2.48. The Morgan fingerprint density at radius 1 is 1.37 bits per heavy atom. The average molecular weight is 287 g/mol. The van der Waals surface area contributed by atoms with Crippen molar-refractivity contribution in [2.75, 3.05) is 11.9 Å². The summed E-state index contributed by atoms with van der Waals surface area (Å²) in [4.78, 5) is 12.0. The van der Waals surface area contributed by atoms with Crippen LogP contribution in [-0.2, 0) is 11.2 Å². The van der Waals surface area contributed by atoms with Gasteiger partial charge in [-0.05, 0) is 37.5 Å². The Morgan fingerprint density at radius 3 is 2.42 bits per heavy atom. The molecule has 0 radical (unpaired) electrons. The van der Waals surface area contributed by atoms with E-state index < -0.39 is 5.54 Å². The predicted octanol–water partition coefficient (Wildman–Crippen LogP) is 2.10. The molecular weight excluding hydrogens is 264 g/mol. The third-order valence-electron chi connectivity index (χ3n) is 2.90. The molecule has 1 aromatic rings. The lowest BCUT2D eigenvalue weighted by molar-refractivity contribution is -0.120. The normalized spacial score (nSPS) is 13.3. The number of rotatable bonds is 6. The molecule has 1 aromatic carbocycles. The summed E-state index contributed by atoms with van der Waals surface area (Å²) in [5.41, 5.74) is 6.89. The second-order valence-corrected chi connectivity index (χ2v) is 4.79. The Bertz CT molecular complexity index is 391. The zero-order valence-corrected chi connectivity index (χ0v) is 12.3. The molecule has 1 unspecified atom stereocenters. The fourth-order valence-corrected chi connectivity index (χ4v) is 1.79. The number of benzene rings is 1. The van der Waals surface area contributed by atoms with Gasteiger partial charge in [0.2, 0.25) is 5.91 Å². The van der Waals surface area contributed by atoms with E-state index in [1.807, 2.05) is 31.2 Å². The smallest absolute Gasteiger partial charge is 0.244 e. The van der Waals surface area contributed by atoms with Crippen molar-refractivity contribution in [1.82, 2.24) is 0 Å². The second kappa shape index (κ2) is 8.15. The van der Waals surface area contributed by atoms with Crippen LogP contribution in [0, 0.1) is 0 Å². The molecule has 0 spiro atoms. The van der Waals surface area contributed by atoms with Crippen LogP contribution in [0.1, 0.15) is 32.3 Å². The number of halogens is 1. The number of anilines is 1. The van der Waals surface area contributed by atoms with Gasteiger partial charge in [-0.2, -0.15) is 0 Å². The number of hydrogen-bond acceptors (Lipinski definition) is 3. The first kappa shape index (κ1) is 17.9. The van der Waals surface area contributed by atoms with Crippen LogP contribution >= 0.6 is 12.4 Å². The van der Waals surface area contributed by atoms with Gasteiger partial charge in [-0.3, -0.25) is 4.79 Å². The standard InChI is InChI=1S/C14H22N2O2.ClH/c1-3-9-14(2,15)13(18)16-12-6-4-11(5-7-12)8-10-17;/h4-7,17H,3,8-10,15H2,1-2H3,(H,16,18);1H. The van der Waals surface area contributed by atoms with Crippen molar-refractivity contribution in [1.29, 1.82) is 0 Å².